The molecular weight excluding hydrogens is 370 g/mol. The summed E-state index contributed by atoms with van der Waals surface area (Å²) in [6.07, 6.45) is 1.76. The maximum absolute atomic E-state index is 12.6. The molecule has 2 atom stereocenters. The fraction of sp³-hybridized carbons (Fsp3) is 0.261. The van der Waals surface area contributed by atoms with Gasteiger partial charge in [-0.1, -0.05) is 42.5 Å². The molecule has 1 aromatic heterocycles. The van der Waals surface area contributed by atoms with Gasteiger partial charge in [-0.05, 0) is 49.4 Å². The Morgan fingerprint density at radius 1 is 1.14 bits per heavy atom. The van der Waals surface area contributed by atoms with E-state index in [0.29, 0.717) is 11.0 Å². The van der Waals surface area contributed by atoms with E-state index in [1.165, 1.54) is 18.6 Å². The maximum atomic E-state index is 12.6. The normalized spacial score (nSPS) is 16.7. The van der Waals surface area contributed by atoms with Crippen LogP contribution >= 0.6 is 0 Å². The molecule has 1 aliphatic carbocycles. The molecule has 0 saturated carbocycles. The third-order valence-electron chi connectivity index (χ3n) is 5.20. The topological polar surface area (TPSA) is 85.6 Å². The summed E-state index contributed by atoms with van der Waals surface area (Å²) < 4.78 is 10.4. The lowest BCUT2D eigenvalue weighted by Gasteiger charge is -2.27. The molecule has 6 nitrogen and oxygen atoms in total. The summed E-state index contributed by atoms with van der Waals surface area (Å²) in [7, 11) is 0. The molecule has 3 aromatic rings. The van der Waals surface area contributed by atoms with Crippen LogP contribution in [-0.4, -0.2) is 18.0 Å². The van der Waals surface area contributed by atoms with Gasteiger partial charge in [-0.2, -0.15) is 0 Å². The highest BCUT2D eigenvalue weighted by Gasteiger charge is 2.26. The summed E-state index contributed by atoms with van der Waals surface area (Å²) in [6.45, 7) is 1.49. The van der Waals surface area contributed by atoms with Crippen molar-refractivity contribution >= 4 is 22.8 Å². The van der Waals surface area contributed by atoms with Gasteiger partial charge in [-0.3, -0.25) is 4.79 Å². The largest absolute Gasteiger partial charge is 0.449 e. The Kier molecular flexibility index (Phi) is 5.16. The monoisotopic (exact) mass is 391 g/mol. The number of amides is 1. The molecule has 4 rings (SSSR count). The van der Waals surface area contributed by atoms with Gasteiger partial charge >= 0.3 is 11.6 Å². The molecular formula is C23H21NO5. The van der Waals surface area contributed by atoms with Gasteiger partial charge in [-0.25, -0.2) is 9.59 Å². The second-order valence-corrected chi connectivity index (χ2v) is 7.19. The molecule has 29 heavy (non-hydrogen) atoms. The molecule has 148 valence electrons. The summed E-state index contributed by atoms with van der Waals surface area (Å²) in [5, 5.41) is 3.56. The molecule has 1 amide bonds. The first kappa shape index (κ1) is 18.9. The molecule has 6 heteroatoms. The first-order valence-corrected chi connectivity index (χ1v) is 9.65. The second-order valence-electron chi connectivity index (χ2n) is 7.19. The van der Waals surface area contributed by atoms with Crippen LogP contribution in [0.2, 0.25) is 0 Å². The van der Waals surface area contributed by atoms with Crippen molar-refractivity contribution in [2.45, 2.75) is 38.3 Å². The van der Waals surface area contributed by atoms with Crippen molar-refractivity contribution in [1.29, 1.82) is 0 Å². The number of carbonyl (C=O) groups is 2. The number of para-hydroxylation sites is 1. The fourth-order valence-electron chi connectivity index (χ4n) is 3.67. The summed E-state index contributed by atoms with van der Waals surface area (Å²) in [5.41, 5.74) is 1.69. The average Bonchev–Trinajstić information content (AvgIpc) is 2.73. The average molecular weight is 391 g/mol. The number of aryl methyl sites for hydroxylation is 1. The predicted molar refractivity (Wildman–Crippen MR) is 108 cm³/mol. The number of carbonyl (C=O) groups excluding carboxylic acids is 2. The van der Waals surface area contributed by atoms with E-state index in [-0.39, 0.29) is 11.6 Å². The van der Waals surface area contributed by atoms with Crippen LogP contribution in [0.25, 0.3) is 11.0 Å². The third-order valence-corrected chi connectivity index (χ3v) is 5.20. The van der Waals surface area contributed by atoms with E-state index < -0.39 is 23.6 Å². The van der Waals surface area contributed by atoms with E-state index in [1.54, 1.807) is 24.3 Å². The van der Waals surface area contributed by atoms with Crippen molar-refractivity contribution in [2.75, 3.05) is 0 Å². The van der Waals surface area contributed by atoms with Gasteiger partial charge in [0, 0.05) is 5.39 Å². The number of hydrogen-bond acceptors (Lipinski definition) is 5. The summed E-state index contributed by atoms with van der Waals surface area (Å²) >= 11 is 0. The van der Waals surface area contributed by atoms with E-state index in [0.717, 1.165) is 24.8 Å². The molecule has 0 saturated heterocycles. The van der Waals surface area contributed by atoms with Gasteiger partial charge in [0.15, 0.2) is 6.10 Å². The number of nitrogens with one attached hydrogen (secondary N) is 1. The minimum atomic E-state index is -1.04. The molecule has 0 radical (unpaired) electrons. The summed E-state index contributed by atoms with van der Waals surface area (Å²) in [4.78, 5) is 37.2. The van der Waals surface area contributed by atoms with E-state index in [1.807, 2.05) is 18.2 Å². The lowest BCUT2D eigenvalue weighted by molar-refractivity contribution is -0.130. The van der Waals surface area contributed by atoms with Gasteiger partial charge in [0.25, 0.3) is 5.91 Å². The zero-order valence-corrected chi connectivity index (χ0v) is 16.0. The Labute approximate surface area is 167 Å². The Bertz CT molecular complexity index is 1130. The van der Waals surface area contributed by atoms with Crippen LogP contribution in [-0.2, 0) is 16.0 Å². The molecule has 2 aromatic carbocycles. The van der Waals surface area contributed by atoms with Crippen molar-refractivity contribution in [1.82, 2.24) is 5.32 Å². The number of benzene rings is 2. The summed E-state index contributed by atoms with van der Waals surface area (Å²) in [5.74, 6) is -1.28. The van der Waals surface area contributed by atoms with E-state index >= 15 is 0 Å². The van der Waals surface area contributed by atoms with Crippen LogP contribution < -0.4 is 10.9 Å². The first-order valence-electron chi connectivity index (χ1n) is 9.65. The lowest BCUT2D eigenvalue weighted by atomic mass is 9.87. The standard InChI is InChI=1S/C23H21NO5/c1-14(21(25)24-19-11-6-9-15-7-2-4-10-17(15)19)28-22(26)18-13-16-8-3-5-12-20(16)29-23(18)27/h2-5,7-8,10,12-14,19H,6,9,11H2,1H3,(H,24,25)/t14-,19+/m1/s1. The molecule has 0 fully saturated rings. The van der Waals surface area contributed by atoms with Gasteiger partial charge in [0.2, 0.25) is 0 Å². The van der Waals surface area contributed by atoms with Crippen LogP contribution in [0.5, 0.6) is 0 Å². The van der Waals surface area contributed by atoms with Crippen LogP contribution in [0.4, 0.5) is 0 Å². The number of esters is 1. The van der Waals surface area contributed by atoms with Crippen LogP contribution in [0.3, 0.4) is 0 Å². The summed E-state index contributed by atoms with van der Waals surface area (Å²) in [6, 6.07) is 16.2. The SMILES string of the molecule is C[C@@H](OC(=O)c1cc2ccccc2oc1=O)C(=O)N[C@H]1CCCc2ccccc21. The smallest absolute Gasteiger partial charge is 0.351 e. The maximum Gasteiger partial charge on any atom is 0.351 e. The van der Waals surface area contributed by atoms with Crippen molar-refractivity contribution in [2.24, 2.45) is 0 Å². The van der Waals surface area contributed by atoms with Gasteiger partial charge < -0.3 is 14.5 Å². The number of rotatable bonds is 4. The minimum Gasteiger partial charge on any atom is -0.449 e. The van der Waals surface area contributed by atoms with Crippen molar-refractivity contribution in [3.05, 3.63) is 81.7 Å². The highest BCUT2D eigenvalue weighted by Crippen LogP contribution is 2.29. The van der Waals surface area contributed by atoms with Crippen molar-refractivity contribution in [3.63, 3.8) is 0 Å². The fourth-order valence-corrected chi connectivity index (χ4v) is 3.67. The highest BCUT2D eigenvalue weighted by atomic mass is 16.5. The molecule has 1 N–H and O–H groups in total. The van der Waals surface area contributed by atoms with Crippen molar-refractivity contribution < 1.29 is 18.7 Å². The molecule has 0 spiro atoms. The van der Waals surface area contributed by atoms with Gasteiger partial charge in [0.05, 0.1) is 6.04 Å². The zero-order chi connectivity index (χ0) is 20.4. The van der Waals surface area contributed by atoms with E-state index in [4.69, 9.17) is 9.15 Å². The Morgan fingerprint density at radius 3 is 2.76 bits per heavy atom. The highest BCUT2D eigenvalue weighted by molar-refractivity contribution is 5.94. The Hall–Kier alpha value is -3.41. The molecule has 1 heterocycles. The lowest BCUT2D eigenvalue weighted by Crippen LogP contribution is -2.39. The zero-order valence-electron chi connectivity index (χ0n) is 16.0. The Morgan fingerprint density at radius 2 is 1.90 bits per heavy atom. The van der Waals surface area contributed by atoms with Crippen molar-refractivity contribution in [3.8, 4) is 0 Å². The second kappa shape index (κ2) is 7.91. The Balaban J connectivity index is 1.46. The van der Waals surface area contributed by atoms with Gasteiger partial charge in [0.1, 0.15) is 11.1 Å². The van der Waals surface area contributed by atoms with Crippen LogP contribution in [0, 0.1) is 0 Å². The minimum absolute atomic E-state index is 0.112. The number of fused-ring (bicyclic) bond motifs is 2. The van der Waals surface area contributed by atoms with Crippen LogP contribution in [0.15, 0.2) is 63.8 Å². The van der Waals surface area contributed by atoms with E-state index in [2.05, 4.69) is 11.4 Å². The quantitative estimate of drug-likeness (QED) is 0.543. The van der Waals surface area contributed by atoms with Crippen LogP contribution in [0.1, 0.15) is 47.3 Å². The third kappa shape index (κ3) is 3.92. The predicted octanol–water partition coefficient (Wildman–Crippen LogP) is 3.53. The molecule has 0 bridgehead atoms. The van der Waals surface area contributed by atoms with E-state index in [9.17, 15) is 14.4 Å². The van der Waals surface area contributed by atoms with Gasteiger partial charge in [-0.15, -0.1) is 0 Å². The first-order chi connectivity index (χ1) is 14.0. The molecule has 0 aliphatic heterocycles. The number of hydrogen-bond donors (Lipinski definition) is 1. The molecule has 0 unspecified atom stereocenters. The molecule has 1 aliphatic rings. The number of ether oxygens (including phenoxy) is 1.